The molecule has 0 saturated carbocycles. The second kappa shape index (κ2) is 6.31. The molecule has 0 aliphatic heterocycles. The van der Waals surface area contributed by atoms with Crippen LogP contribution >= 0.6 is 11.6 Å². The van der Waals surface area contributed by atoms with E-state index in [-0.39, 0.29) is 16.6 Å². The summed E-state index contributed by atoms with van der Waals surface area (Å²) in [6.45, 7) is 3.18. The maximum Gasteiger partial charge on any atom is 0.267 e. The summed E-state index contributed by atoms with van der Waals surface area (Å²) in [5.74, 6) is 0.152. The van der Waals surface area contributed by atoms with Crippen molar-refractivity contribution in [1.29, 1.82) is 5.26 Å². The Morgan fingerprint density at radius 1 is 1.24 bits per heavy atom. The first kappa shape index (κ1) is 17.1. The van der Waals surface area contributed by atoms with Gasteiger partial charge in [0.1, 0.15) is 6.54 Å². The fourth-order valence-electron chi connectivity index (χ4n) is 2.32. The Kier molecular flexibility index (Phi) is 4.32. The molecule has 0 radical (unpaired) electrons. The van der Waals surface area contributed by atoms with Gasteiger partial charge >= 0.3 is 0 Å². The largest absolute Gasteiger partial charge is 0.267 e. The molecular weight excluding hydrogens is 364 g/mol. The van der Waals surface area contributed by atoms with E-state index in [4.69, 9.17) is 16.9 Å². The Hall–Kier alpha value is -2.70. The van der Waals surface area contributed by atoms with Crippen molar-refractivity contribution in [3.63, 3.8) is 0 Å². The van der Waals surface area contributed by atoms with Crippen molar-refractivity contribution in [3.05, 3.63) is 46.7 Å². The molecule has 0 atom stereocenters. The van der Waals surface area contributed by atoms with Crippen LogP contribution in [0, 0.1) is 25.2 Å². The summed E-state index contributed by atoms with van der Waals surface area (Å²) >= 11 is 5.81. The van der Waals surface area contributed by atoms with Crippen LogP contribution in [0.25, 0.3) is 5.78 Å². The third-order valence-corrected chi connectivity index (χ3v) is 5.44. The highest BCUT2D eigenvalue weighted by atomic mass is 35.5. The van der Waals surface area contributed by atoms with E-state index in [0.29, 0.717) is 5.02 Å². The quantitative estimate of drug-likeness (QED) is 0.646. The fourth-order valence-corrected chi connectivity index (χ4v) is 3.70. The van der Waals surface area contributed by atoms with Gasteiger partial charge in [0, 0.05) is 16.4 Å². The van der Waals surface area contributed by atoms with Gasteiger partial charge in [0.15, 0.2) is 0 Å². The standard InChI is InChI=1S/C15H13ClN6O2S/c1-10-9-11(2)22-14(18-10)19-15(20-22)21(8-7-17)25(23,24)13-5-3-12(16)4-6-13/h3-6,9H,8H2,1-2H3. The first-order chi connectivity index (χ1) is 11.8. The maximum absolute atomic E-state index is 12.9. The normalized spacial score (nSPS) is 11.4. The molecule has 0 aliphatic rings. The summed E-state index contributed by atoms with van der Waals surface area (Å²) in [5.41, 5.74) is 1.48. The van der Waals surface area contributed by atoms with E-state index in [1.54, 1.807) is 13.0 Å². The number of nitriles is 1. The van der Waals surface area contributed by atoms with Crippen LogP contribution in [0.15, 0.2) is 35.2 Å². The third-order valence-electron chi connectivity index (χ3n) is 3.45. The molecule has 3 rings (SSSR count). The number of rotatable bonds is 4. The summed E-state index contributed by atoms with van der Waals surface area (Å²) in [7, 11) is -4.02. The molecule has 0 unspecified atom stereocenters. The molecule has 10 heteroatoms. The van der Waals surface area contributed by atoms with Crippen molar-refractivity contribution in [3.8, 4) is 6.07 Å². The van der Waals surface area contributed by atoms with E-state index < -0.39 is 16.6 Å². The number of nitrogens with zero attached hydrogens (tertiary/aromatic N) is 6. The van der Waals surface area contributed by atoms with Gasteiger partial charge in [-0.2, -0.15) is 14.8 Å². The molecule has 0 aliphatic carbocycles. The minimum Gasteiger partial charge on any atom is -0.218 e. The van der Waals surface area contributed by atoms with Crippen molar-refractivity contribution >= 4 is 33.4 Å². The minimum atomic E-state index is -4.02. The molecule has 8 nitrogen and oxygen atoms in total. The zero-order valence-corrected chi connectivity index (χ0v) is 15.0. The molecule has 0 bridgehead atoms. The predicted octanol–water partition coefficient (Wildman–Crippen LogP) is 2.11. The van der Waals surface area contributed by atoms with Gasteiger partial charge in [0.05, 0.1) is 11.0 Å². The molecule has 25 heavy (non-hydrogen) atoms. The van der Waals surface area contributed by atoms with Crippen LogP contribution < -0.4 is 4.31 Å². The highest BCUT2D eigenvalue weighted by Gasteiger charge is 2.28. The Balaban J connectivity index is 2.14. The number of aromatic nitrogens is 4. The number of benzene rings is 1. The van der Waals surface area contributed by atoms with Gasteiger partial charge < -0.3 is 0 Å². The van der Waals surface area contributed by atoms with Crippen molar-refractivity contribution in [2.24, 2.45) is 0 Å². The average Bonchev–Trinajstić information content (AvgIpc) is 2.96. The predicted molar refractivity (Wildman–Crippen MR) is 91.9 cm³/mol. The maximum atomic E-state index is 12.9. The minimum absolute atomic E-state index is 0.00753. The summed E-state index contributed by atoms with van der Waals surface area (Å²) in [6.07, 6.45) is 0. The Morgan fingerprint density at radius 2 is 1.92 bits per heavy atom. The van der Waals surface area contributed by atoms with Gasteiger partial charge in [-0.25, -0.2) is 17.7 Å². The summed E-state index contributed by atoms with van der Waals surface area (Å²) in [4.78, 5) is 8.40. The van der Waals surface area contributed by atoms with Crippen molar-refractivity contribution in [1.82, 2.24) is 19.6 Å². The first-order valence-electron chi connectivity index (χ1n) is 7.19. The van der Waals surface area contributed by atoms with Crippen LogP contribution in [0.4, 0.5) is 5.95 Å². The number of sulfonamides is 1. The molecule has 0 N–H and O–H groups in total. The van der Waals surface area contributed by atoms with Crippen molar-refractivity contribution in [2.45, 2.75) is 18.7 Å². The second-order valence-electron chi connectivity index (χ2n) is 5.29. The molecule has 2 heterocycles. The van der Waals surface area contributed by atoms with Crippen LogP contribution in [-0.4, -0.2) is 34.5 Å². The van der Waals surface area contributed by atoms with Gasteiger partial charge in [-0.1, -0.05) is 11.6 Å². The molecule has 0 spiro atoms. The van der Waals surface area contributed by atoms with Gasteiger partial charge in [-0.15, -0.1) is 5.10 Å². The van der Waals surface area contributed by atoms with Crippen LogP contribution in [0.3, 0.4) is 0 Å². The van der Waals surface area contributed by atoms with Gasteiger partial charge in [-0.05, 0) is 44.2 Å². The first-order valence-corrected chi connectivity index (χ1v) is 9.01. The van der Waals surface area contributed by atoms with Crippen LogP contribution in [0.1, 0.15) is 11.4 Å². The fraction of sp³-hybridized carbons (Fsp3) is 0.200. The second-order valence-corrected chi connectivity index (χ2v) is 7.58. The third kappa shape index (κ3) is 3.14. The van der Waals surface area contributed by atoms with Crippen LogP contribution in [0.5, 0.6) is 0 Å². The Morgan fingerprint density at radius 3 is 2.56 bits per heavy atom. The lowest BCUT2D eigenvalue weighted by Crippen LogP contribution is -2.32. The number of hydrogen-bond acceptors (Lipinski definition) is 6. The molecule has 128 valence electrons. The molecule has 3 aromatic rings. The summed E-state index contributed by atoms with van der Waals surface area (Å²) in [5, 5.41) is 13.7. The summed E-state index contributed by atoms with van der Waals surface area (Å²) in [6, 6.07) is 9.29. The number of aryl methyl sites for hydroxylation is 2. The van der Waals surface area contributed by atoms with E-state index in [9.17, 15) is 8.42 Å². The van der Waals surface area contributed by atoms with Gasteiger partial charge in [-0.3, -0.25) is 0 Å². The number of hydrogen-bond donors (Lipinski definition) is 0. The molecule has 0 saturated heterocycles. The van der Waals surface area contributed by atoms with E-state index >= 15 is 0 Å². The lowest BCUT2D eigenvalue weighted by molar-refractivity contribution is 0.592. The van der Waals surface area contributed by atoms with Gasteiger partial charge in [0.25, 0.3) is 21.7 Å². The SMILES string of the molecule is Cc1cc(C)n2nc(N(CC#N)S(=O)(=O)c3ccc(Cl)cc3)nc2n1. The van der Waals surface area contributed by atoms with Crippen LogP contribution in [-0.2, 0) is 10.0 Å². The molecule has 0 fully saturated rings. The molecule has 1 aromatic carbocycles. The Bertz CT molecular complexity index is 1090. The van der Waals surface area contributed by atoms with Crippen LogP contribution in [0.2, 0.25) is 5.02 Å². The van der Waals surface area contributed by atoms with E-state index in [1.165, 1.54) is 28.8 Å². The highest BCUT2D eigenvalue weighted by molar-refractivity contribution is 7.92. The molecule has 2 aromatic heterocycles. The number of anilines is 1. The highest BCUT2D eigenvalue weighted by Crippen LogP contribution is 2.22. The number of halogens is 1. The Labute approximate surface area is 149 Å². The zero-order chi connectivity index (χ0) is 18.2. The van der Waals surface area contributed by atoms with Crippen molar-refractivity contribution in [2.75, 3.05) is 10.8 Å². The van der Waals surface area contributed by atoms with Gasteiger partial charge in [0.2, 0.25) is 0 Å². The van der Waals surface area contributed by atoms with E-state index in [2.05, 4.69) is 15.1 Å². The topological polar surface area (TPSA) is 104 Å². The lowest BCUT2D eigenvalue weighted by atomic mass is 10.4. The van der Waals surface area contributed by atoms with Crippen molar-refractivity contribution < 1.29 is 8.42 Å². The molecule has 0 amide bonds. The monoisotopic (exact) mass is 376 g/mol. The average molecular weight is 377 g/mol. The summed E-state index contributed by atoms with van der Waals surface area (Å²) < 4.78 is 28.1. The number of fused-ring (bicyclic) bond motifs is 1. The van der Waals surface area contributed by atoms with E-state index in [0.717, 1.165) is 15.7 Å². The zero-order valence-electron chi connectivity index (χ0n) is 13.4. The lowest BCUT2D eigenvalue weighted by Gasteiger charge is -2.17. The van der Waals surface area contributed by atoms with E-state index in [1.807, 2.05) is 13.0 Å². The smallest absolute Gasteiger partial charge is 0.218 e. The molecular formula is C15H13ClN6O2S.